The van der Waals surface area contributed by atoms with Gasteiger partial charge in [0.2, 0.25) is 0 Å². The molecule has 0 N–H and O–H groups in total. The van der Waals surface area contributed by atoms with Crippen molar-refractivity contribution in [1.29, 1.82) is 0 Å². The molecular weight excluding hydrogens is 229 g/mol. The van der Waals surface area contributed by atoms with Crippen LogP contribution in [-0.4, -0.2) is 10.9 Å². The summed E-state index contributed by atoms with van der Waals surface area (Å²) in [6.45, 7) is 2.71. The van der Waals surface area contributed by atoms with Gasteiger partial charge in [0, 0.05) is 12.2 Å². The highest BCUT2D eigenvalue weighted by molar-refractivity contribution is 5.72. The average molecular weight is 245 g/mol. The summed E-state index contributed by atoms with van der Waals surface area (Å²) in [7, 11) is 0. The van der Waals surface area contributed by atoms with Gasteiger partial charge in [0.15, 0.2) is 6.29 Å². The third-order valence-corrected chi connectivity index (χ3v) is 2.99. The summed E-state index contributed by atoms with van der Waals surface area (Å²) in [6, 6.07) is 10.2. The minimum Gasteiger partial charge on any atom is -0.338 e. The van der Waals surface area contributed by atoms with Gasteiger partial charge in [0.1, 0.15) is 5.82 Å². The second-order valence-electron chi connectivity index (χ2n) is 4.33. The zero-order chi connectivity index (χ0) is 13.0. The molecule has 0 aliphatic heterocycles. The Morgan fingerprint density at radius 3 is 2.50 bits per heavy atom. The smallest absolute Gasteiger partial charge is 0.166 e. The molecule has 3 heteroatoms. The quantitative estimate of drug-likeness (QED) is 0.740. The molecule has 1 aromatic carbocycles. The number of carbonyl (C=O) groups excluding carboxylic acids is 1. The molecule has 0 radical (unpaired) electrons. The van der Waals surface area contributed by atoms with Gasteiger partial charge < -0.3 is 4.57 Å². The van der Waals surface area contributed by atoms with Crippen LogP contribution in [0.15, 0.2) is 36.4 Å². The number of nitrogens with zero attached hydrogens (tertiary/aromatic N) is 1. The fraction of sp³-hybridized carbons (Fsp3) is 0.267. The van der Waals surface area contributed by atoms with Crippen molar-refractivity contribution in [3.63, 3.8) is 0 Å². The first-order valence-electron chi connectivity index (χ1n) is 6.12. The molecule has 0 spiro atoms. The molecule has 2 rings (SSSR count). The molecule has 0 saturated carbocycles. The Balaban J connectivity index is 2.28. The fourth-order valence-corrected chi connectivity index (χ4v) is 2.07. The summed E-state index contributed by atoms with van der Waals surface area (Å²) >= 11 is 0. The number of hydrogen-bond donors (Lipinski definition) is 0. The topological polar surface area (TPSA) is 22.0 Å². The van der Waals surface area contributed by atoms with Crippen LogP contribution in [0.5, 0.6) is 0 Å². The Bertz CT molecular complexity index is 528. The predicted molar refractivity (Wildman–Crippen MR) is 69.3 cm³/mol. The van der Waals surface area contributed by atoms with E-state index in [1.807, 2.05) is 16.7 Å². The van der Waals surface area contributed by atoms with Crippen LogP contribution in [0.1, 0.15) is 35.1 Å². The van der Waals surface area contributed by atoms with Crippen molar-refractivity contribution in [2.24, 2.45) is 0 Å². The van der Waals surface area contributed by atoms with Crippen molar-refractivity contribution in [3.8, 4) is 0 Å². The molecule has 0 atom stereocenters. The lowest BCUT2D eigenvalue weighted by atomic mass is 10.2. The van der Waals surface area contributed by atoms with E-state index < -0.39 is 0 Å². The van der Waals surface area contributed by atoms with E-state index in [4.69, 9.17) is 0 Å². The molecule has 94 valence electrons. The van der Waals surface area contributed by atoms with E-state index in [9.17, 15) is 9.18 Å². The number of benzene rings is 1. The van der Waals surface area contributed by atoms with Gasteiger partial charge in [-0.3, -0.25) is 4.79 Å². The summed E-state index contributed by atoms with van der Waals surface area (Å²) in [5.74, 6) is -0.240. The highest BCUT2D eigenvalue weighted by Gasteiger charge is 2.07. The lowest BCUT2D eigenvalue weighted by Gasteiger charge is -2.10. The Hall–Kier alpha value is -1.90. The zero-order valence-corrected chi connectivity index (χ0v) is 10.4. The number of hydrogen-bond acceptors (Lipinski definition) is 1. The number of halogens is 1. The fourth-order valence-electron chi connectivity index (χ4n) is 2.07. The number of aryl methyl sites for hydroxylation is 1. The summed E-state index contributed by atoms with van der Waals surface area (Å²) in [4.78, 5) is 11.0. The molecule has 2 nitrogen and oxygen atoms in total. The largest absolute Gasteiger partial charge is 0.338 e. The lowest BCUT2D eigenvalue weighted by Crippen LogP contribution is -2.07. The van der Waals surface area contributed by atoms with Gasteiger partial charge in [-0.15, -0.1) is 0 Å². The normalized spacial score (nSPS) is 10.6. The Morgan fingerprint density at radius 1 is 1.17 bits per heavy atom. The molecule has 0 aliphatic rings. The van der Waals surface area contributed by atoms with Crippen molar-refractivity contribution < 1.29 is 9.18 Å². The number of carbonyl (C=O) groups is 1. The molecule has 0 aliphatic carbocycles. The maximum absolute atomic E-state index is 12.8. The number of rotatable bonds is 5. The van der Waals surface area contributed by atoms with Gasteiger partial charge in [0.05, 0.1) is 5.69 Å². The zero-order valence-electron chi connectivity index (χ0n) is 10.4. The molecule has 0 amide bonds. The van der Waals surface area contributed by atoms with Crippen LogP contribution in [-0.2, 0) is 13.0 Å². The average Bonchev–Trinajstić information content (AvgIpc) is 2.75. The van der Waals surface area contributed by atoms with Gasteiger partial charge in [-0.25, -0.2) is 4.39 Å². The molecule has 0 bridgehead atoms. The molecule has 0 unspecified atom stereocenters. The van der Waals surface area contributed by atoms with E-state index in [-0.39, 0.29) is 5.82 Å². The van der Waals surface area contributed by atoms with E-state index in [1.54, 1.807) is 12.1 Å². The van der Waals surface area contributed by atoms with E-state index in [0.717, 1.165) is 30.4 Å². The molecular formula is C15H16FNO. The molecule has 0 saturated heterocycles. The van der Waals surface area contributed by atoms with Crippen LogP contribution in [0, 0.1) is 5.82 Å². The van der Waals surface area contributed by atoms with Gasteiger partial charge in [0.25, 0.3) is 0 Å². The SMILES string of the molecule is CCCc1ccc(C=O)n1Cc1ccc(F)cc1. The van der Waals surface area contributed by atoms with Crippen molar-refractivity contribution in [3.05, 3.63) is 59.2 Å². The highest BCUT2D eigenvalue weighted by atomic mass is 19.1. The van der Waals surface area contributed by atoms with Crippen LogP contribution in [0.25, 0.3) is 0 Å². The first-order chi connectivity index (χ1) is 8.74. The minimum absolute atomic E-state index is 0.240. The van der Waals surface area contributed by atoms with Crippen molar-refractivity contribution in [2.45, 2.75) is 26.3 Å². The molecule has 2 aromatic rings. The molecule has 1 aromatic heterocycles. The highest BCUT2D eigenvalue weighted by Crippen LogP contribution is 2.14. The molecule has 0 fully saturated rings. The second-order valence-corrected chi connectivity index (χ2v) is 4.33. The van der Waals surface area contributed by atoms with Gasteiger partial charge in [-0.1, -0.05) is 25.5 Å². The first-order valence-corrected chi connectivity index (χ1v) is 6.12. The van der Waals surface area contributed by atoms with Crippen LogP contribution < -0.4 is 0 Å². The van der Waals surface area contributed by atoms with Gasteiger partial charge >= 0.3 is 0 Å². The number of aldehydes is 1. The predicted octanol–water partition coefficient (Wildman–Crippen LogP) is 3.44. The molecule has 18 heavy (non-hydrogen) atoms. The van der Waals surface area contributed by atoms with E-state index in [1.165, 1.54) is 12.1 Å². The summed E-state index contributed by atoms with van der Waals surface area (Å²) < 4.78 is 14.8. The summed E-state index contributed by atoms with van der Waals surface area (Å²) in [5, 5.41) is 0. The third kappa shape index (κ3) is 2.67. The first kappa shape index (κ1) is 12.6. The van der Waals surface area contributed by atoms with Crippen LogP contribution in [0.2, 0.25) is 0 Å². The Kier molecular flexibility index (Phi) is 3.92. The second kappa shape index (κ2) is 5.63. The number of aromatic nitrogens is 1. The van der Waals surface area contributed by atoms with Gasteiger partial charge in [-0.05, 0) is 36.2 Å². The van der Waals surface area contributed by atoms with Crippen molar-refractivity contribution >= 4 is 6.29 Å². The molecule has 1 heterocycles. The van der Waals surface area contributed by atoms with Crippen LogP contribution >= 0.6 is 0 Å². The van der Waals surface area contributed by atoms with E-state index >= 15 is 0 Å². The van der Waals surface area contributed by atoms with E-state index in [0.29, 0.717) is 12.2 Å². The third-order valence-electron chi connectivity index (χ3n) is 2.99. The van der Waals surface area contributed by atoms with Crippen LogP contribution in [0.4, 0.5) is 4.39 Å². The Morgan fingerprint density at radius 2 is 1.89 bits per heavy atom. The van der Waals surface area contributed by atoms with Crippen LogP contribution in [0.3, 0.4) is 0 Å². The van der Waals surface area contributed by atoms with Crippen molar-refractivity contribution in [1.82, 2.24) is 4.57 Å². The minimum atomic E-state index is -0.240. The Labute approximate surface area is 106 Å². The maximum atomic E-state index is 12.8. The van der Waals surface area contributed by atoms with Gasteiger partial charge in [-0.2, -0.15) is 0 Å². The maximum Gasteiger partial charge on any atom is 0.166 e. The standard InChI is InChI=1S/C15H16FNO/c1-2-3-14-8-9-15(11-18)17(14)10-12-4-6-13(16)7-5-12/h4-9,11H,2-3,10H2,1H3. The van der Waals surface area contributed by atoms with Crippen molar-refractivity contribution in [2.75, 3.05) is 0 Å². The summed E-state index contributed by atoms with van der Waals surface area (Å²) in [6.07, 6.45) is 2.84. The van der Waals surface area contributed by atoms with E-state index in [2.05, 4.69) is 6.92 Å². The summed E-state index contributed by atoms with van der Waals surface area (Å²) in [5.41, 5.74) is 2.81. The lowest BCUT2D eigenvalue weighted by molar-refractivity contribution is 0.111. The monoisotopic (exact) mass is 245 g/mol.